The van der Waals surface area contributed by atoms with Crippen LogP contribution in [-0.4, -0.2) is 39.8 Å². The molecular weight excluding hydrogens is 224 g/mol. The second kappa shape index (κ2) is 5.00. The molecule has 4 heteroatoms. The Balaban J connectivity index is 1.63. The summed E-state index contributed by atoms with van der Waals surface area (Å²) in [6, 6.07) is 0. The van der Waals surface area contributed by atoms with Crippen LogP contribution in [0.3, 0.4) is 0 Å². The van der Waals surface area contributed by atoms with Crippen LogP contribution < -0.4 is 0 Å². The summed E-state index contributed by atoms with van der Waals surface area (Å²) in [5.41, 5.74) is 0. The molecule has 0 amide bonds. The number of nitrogens with zero attached hydrogens (tertiary/aromatic N) is 4. The third-order valence-electron chi connectivity index (χ3n) is 4.47. The zero-order valence-electron chi connectivity index (χ0n) is 11.6. The Labute approximate surface area is 109 Å². The Morgan fingerprint density at radius 1 is 1.17 bits per heavy atom. The number of hydrogen-bond donors (Lipinski definition) is 0. The van der Waals surface area contributed by atoms with Crippen molar-refractivity contribution in [1.82, 2.24) is 19.7 Å². The van der Waals surface area contributed by atoms with Gasteiger partial charge in [0.25, 0.3) is 0 Å². The monoisotopic (exact) mass is 248 g/mol. The number of aromatic nitrogens is 3. The first-order chi connectivity index (χ1) is 8.70. The SMILES string of the molecule is CC1CCn2nc(CC3CCN(C)CC3)nc2C1. The highest BCUT2D eigenvalue weighted by atomic mass is 15.3. The predicted octanol–water partition coefficient (Wildman–Crippen LogP) is 1.74. The van der Waals surface area contributed by atoms with Gasteiger partial charge in [-0.3, -0.25) is 0 Å². The standard InChI is InChI=1S/C14H24N4/c1-11-3-8-18-14(9-11)15-13(16-18)10-12-4-6-17(2)7-5-12/h11-12H,3-10H2,1-2H3. The third-order valence-corrected chi connectivity index (χ3v) is 4.47. The second-order valence-corrected chi connectivity index (χ2v) is 6.22. The van der Waals surface area contributed by atoms with Crippen LogP contribution in [0.15, 0.2) is 0 Å². The molecule has 0 bridgehead atoms. The molecule has 1 aromatic heterocycles. The smallest absolute Gasteiger partial charge is 0.151 e. The molecule has 0 saturated carbocycles. The fourth-order valence-corrected chi connectivity index (χ4v) is 3.12. The molecule has 100 valence electrons. The van der Waals surface area contributed by atoms with E-state index in [-0.39, 0.29) is 0 Å². The molecule has 0 aliphatic carbocycles. The molecule has 3 heterocycles. The van der Waals surface area contributed by atoms with Gasteiger partial charge in [-0.1, -0.05) is 6.92 Å². The number of rotatable bonds is 2. The van der Waals surface area contributed by atoms with Crippen LogP contribution in [0.1, 0.15) is 37.8 Å². The summed E-state index contributed by atoms with van der Waals surface area (Å²) in [4.78, 5) is 7.17. The number of aryl methyl sites for hydroxylation is 1. The van der Waals surface area contributed by atoms with E-state index in [9.17, 15) is 0 Å². The first-order valence-corrected chi connectivity index (χ1v) is 7.32. The maximum atomic E-state index is 4.75. The Hall–Kier alpha value is -0.900. The molecule has 4 nitrogen and oxygen atoms in total. The minimum absolute atomic E-state index is 0.776. The maximum absolute atomic E-state index is 4.75. The summed E-state index contributed by atoms with van der Waals surface area (Å²) in [6.45, 7) is 5.84. The molecule has 0 radical (unpaired) electrons. The summed E-state index contributed by atoms with van der Waals surface area (Å²) in [7, 11) is 2.21. The van der Waals surface area contributed by atoms with Gasteiger partial charge in [-0.15, -0.1) is 0 Å². The van der Waals surface area contributed by atoms with Gasteiger partial charge < -0.3 is 4.90 Å². The van der Waals surface area contributed by atoms with E-state index in [2.05, 4.69) is 23.6 Å². The molecule has 1 aromatic rings. The number of hydrogen-bond acceptors (Lipinski definition) is 3. The molecule has 1 unspecified atom stereocenters. The molecule has 0 spiro atoms. The van der Waals surface area contributed by atoms with Crippen molar-refractivity contribution in [2.45, 2.75) is 45.6 Å². The van der Waals surface area contributed by atoms with E-state index in [1.54, 1.807) is 0 Å². The molecule has 1 saturated heterocycles. The van der Waals surface area contributed by atoms with Crippen LogP contribution in [0.5, 0.6) is 0 Å². The number of fused-ring (bicyclic) bond motifs is 1. The quantitative estimate of drug-likeness (QED) is 0.799. The van der Waals surface area contributed by atoms with Crippen molar-refractivity contribution in [1.29, 1.82) is 0 Å². The van der Waals surface area contributed by atoms with Crippen LogP contribution in [0.2, 0.25) is 0 Å². The van der Waals surface area contributed by atoms with Crippen LogP contribution in [0.25, 0.3) is 0 Å². The molecule has 0 N–H and O–H groups in total. The average Bonchev–Trinajstić information content (AvgIpc) is 2.73. The fraction of sp³-hybridized carbons (Fsp3) is 0.857. The summed E-state index contributed by atoms with van der Waals surface area (Å²) < 4.78 is 2.14. The van der Waals surface area contributed by atoms with E-state index >= 15 is 0 Å². The zero-order valence-corrected chi connectivity index (χ0v) is 11.6. The van der Waals surface area contributed by atoms with Gasteiger partial charge in [0, 0.05) is 19.4 Å². The van der Waals surface area contributed by atoms with Gasteiger partial charge in [0.05, 0.1) is 0 Å². The Kier molecular flexibility index (Phi) is 3.37. The van der Waals surface area contributed by atoms with Crippen LogP contribution in [-0.2, 0) is 19.4 Å². The molecule has 2 aliphatic rings. The van der Waals surface area contributed by atoms with Crippen LogP contribution in [0.4, 0.5) is 0 Å². The highest BCUT2D eigenvalue weighted by molar-refractivity contribution is 4.98. The van der Waals surface area contributed by atoms with Crippen LogP contribution in [0, 0.1) is 11.8 Å². The van der Waals surface area contributed by atoms with Crippen molar-refractivity contribution in [3.05, 3.63) is 11.6 Å². The van der Waals surface area contributed by atoms with Crippen molar-refractivity contribution in [3.8, 4) is 0 Å². The van der Waals surface area contributed by atoms with Crippen molar-refractivity contribution in [2.75, 3.05) is 20.1 Å². The van der Waals surface area contributed by atoms with E-state index in [0.29, 0.717) is 0 Å². The number of likely N-dealkylation sites (tertiary alicyclic amines) is 1. The molecular formula is C14H24N4. The highest BCUT2D eigenvalue weighted by Gasteiger charge is 2.22. The lowest BCUT2D eigenvalue weighted by atomic mass is 9.93. The third kappa shape index (κ3) is 2.58. The van der Waals surface area contributed by atoms with Crippen molar-refractivity contribution in [2.24, 2.45) is 11.8 Å². The number of piperidine rings is 1. The van der Waals surface area contributed by atoms with Gasteiger partial charge in [-0.2, -0.15) is 5.10 Å². The lowest BCUT2D eigenvalue weighted by molar-refractivity contribution is 0.217. The predicted molar refractivity (Wildman–Crippen MR) is 71.4 cm³/mol. The molecule has 2 aliphatic heterocycles. The topological polar surface area (TPSA) is 34.0 Å². The minimum atomic E-state index is 0.776. The normalized spacial score (nSPS) is 26.2. The molecule has 18 heavy (non-hydrogen) atoms. The van der Waals surface area contributed by atoms with Crippen molar-refractivity contribution in [3.63, 3.8) is 0 Å². The summed E-state index contributed by atoms with van der Waals surface area (Å²) in [5.74, 6) is 3.88. The van der Waals surface area contributed by atoms with Crippen molar-refractivity contribution >= 4 is 0 Å². The van der Waals surface area contributed by atoms with E-state index in [0.717, 1.165) is 37.0 Å². The molecule has 3 rings (SSSR count). The van der Waals surface area contributed by atoms with Gasteiger partial charge in [-0.25, -0.2) is 9.67 Å². The molecule has 1 atom stereocenters. The van der Waals surface area contributed by atoms with Crippen molar-refractivity contribution < 1.29 is 0 Å². The Bertz CT molecular complexity index is 404. The summed E-state index contributed by atoms with van der Waals surface area (Å²) in [5, 5.41) is 4.69. The highest BCUT2D eigenvalue weighted by Crippen LogP contribution is 2.22. The van der Waals surface area contributed by atoms with E-state index in [1.807, 2.05) is 0 Å². The maximum Gasteiger partial charge on any atom is 0.151 e. The molecule has 1 fully saturated rings. The first-order valence-electron chi connectivity index (χ1n) is 7.32. The largest absolute Gasteiger partial charge is 0.306 e. The minimum Gasteiger partial charge on any atom is -0.306 e. The van der Waals surface area contributed by atoms with Gasteiger partial charge in [0.1, 0.15) is 5.82 Å². The average molecular weight is 248 g/mol. The summed E-state index contributed by atoms with van der Waals surface area (Å²) in [6.07, 6.45) is 6.06. The van der Waals surface area contributed by atoms with Gasteiger partial charge in [0.2, 0.25) is 0 Å². The lowest BCUT2D eigenvalue weighted by Crippen LogP contribution is -2.31. The fourth-order valence-electron chi connectivity index (χ4n) is 3.12. The Morgan fingerprint density at radius 3 is 2.72 bits per heavy atom. The summed E-state index contributed by atoms with van der Waals surface area (Å²) >= 11 is 0. The molecule has 0 aromatic carbocycles. The van der Waals surface area contributed by atoms with Gasteiger partial charge in [-0.05, 0) is 51.2 Å². The second-order valence-electron chi connectivity index (χ2n) is 6.22. The van der Waals surface area contributed by atoms with E-state index in [1.165, 1.54) is 38.2 Å². The first kappa shape index (κ1) is 12.2. The van der Waals surface area contributed by atoms with E-state index in [4.69, 9.17) is 10.1 Å². The van der Waals surface area contributed by atoms with Crippen LogP contribution >= 0.6 is 0 Å². The Morgan fingerprint density at radius 2 is 1.94 bits per heavy atom. The zero-order chi connectivity index (χ0) is 12.5. The van der Waals surface area contributed by atoms with E-state index < -0.39 is 0 Å². The lowest BCUT2D eigenvalue weighted by Gasteiger charge is -2.28. The van der Waals surface area contributed by atoms with Gasteiger partial charge in [0.15, 0.2) is 5.82 Å². The van der Waals surface area contributed by atoms with Gasteiger partial charge >= 0.3 is 0 Å².